The van der Waals surface area contributed by atoms with E-state index in [4.69, 9.17) is 0 Å². The highest BCUT2D eigenvalue weighted by atomic mass is 16.2. The van der Waals surface area contributed by atoms with Gasteiger partial charge >= 0.3 is 0 Å². The van der Waals surface area contributed by atoms with Crippen molar-refractivity contribution in [2.45, 2.75) is 25.4 Å². The van der Waals surface area contributed by atoms with Crippen molar-refractivity contribution in [3.63, 3.8) is 0 Å². The van der Waals surface area contributed by atoms with E-state index in [0.29, 0.717) is 11.4 Å². The highest BCUT2D eigenvalue weighted by Gasteiger charge is 2.55. The maximum absolute atomic E-state index is 12.8. The molecule has 0 unspecified atom stereocenters. The quantitative estimate of drug-likeness (QED) is 0.808. The second kappa shape index (κ2) is 7.22. The fourth-order valence-corrected chi connectivity index (χ4v) is 3.36. The molecule has 0 aromatic heterocycles. The van der Waals surface area contributed by atoms with E-state index in [2.05, 4.69) is 22.6 Å². The smallest absolute Gasteiger partial charge is 0.263 e. The van der Waals surface area contributed by atoms with Crippen LogP contribution in [0.3, 0.4) is 0 Å². The van der Waals surface area contributed by atoms with Gasteiger partial charge in [0.1, 0.15) is 6.54 Å². The molecule has 2 aromatic carbocycles. The number of para-hydroxylation sites is 1. The topological polar surface area (TPSA) is 94.4 Å². The van der Waals surface area contributed by atoms with Gasteiger partial charge in [0, 0.05) is 5.69 Å². The summed E-state index contributed by atoms with van der Waals surface area (Å²) in [5.41, 5.74) is 2.32. The van der Waals surface area contributed by atoms with Crippen molar-refractivity contribution in [1.29, 1.82) is 0 Å². The normalized spacial score (nSPS) is 20.6. The maximum Gasteiger partial charge on any atom is 0.263 e. The highest BCUT2D eigenvalue weighted by Crippen LogP contribution is 2.31. The minimum Gasteiger partial charge on any atom is -0.324 e. The van der Waals surface area contributed by atoms with Crippen LogP contribution in [0.15, 0.2) is 64.9 Å². The van der Waals surface area contributed by atoms with Crippen molar-refractivity contribution in [2.24, 2.45) is 10.3 Å². The van der Waals surface area contributed by atoms with Gasteiger partial charge < -0.3 is 5.32 Å². The molecule has 0 saturated carbocycles. The van der Waals surface area contributed by atoms with E-state index in [1.54, 1.807) is 30.3 Å². The Morgan fingerprint density at radius 2 is 1.75 bits per heavy atom. The van der Waals surface area contributed by atoms with Crippen molar-refractivity contribution in [1.82, 2.24) is 5.01 Å². The van der Waals surface area contributed by atoms with Crippen LogP contribution in [-0.4, -0.2) is 41.4 Å². The highest BCUT2D eigenvalue weighted by molar-refractivity contribution is 6.25. The van der Waals surface area contributed by atoms with Crippen LogP contribution in [0.2, 0.25) is 0 Å². The van der Waals surface area contributed by atoms with Gasteiger partial charge in [0.2, 0.25) is 5.91 Å². The van der Waals surface area contributed by atoms with Crippen LogP contribution in [0.25, 0.3) is 0 Å². The molecule has 1 saturated heterocycles. The number of imide groups is 1. The summed E-state index contributed by atoms with van der Waals surface area (Å²) >= 11 is 0. The number of nitrogens with one attached hydrogen (secondary N) is 1. The number of fused-ring (bicyclic) bond motifs is 1. The van der Waals surface area contributed by atoms with Crippen molar-refractivity contribution in [3.05, 3.63) is 60.2 Å². The third-order valence-corrected chi connectivity index (χ3v) is 4.82. The molecule has 2 aliphatic heterocycles. The first-order valence-corrected chi connectivity index (χ1v) is 9.07. The lowest BCUT2D eigenvalue weighted by Gasteiger charge is -2.20. The van der Waals surface area contributed by atoms with Crippen molar-refractivity contribution >= 4 is 29.1 Å². The van der Waals surface area contributed by atoms with Crippen LogP contribution in [0.1, 0.15) is 12.5 Å². The third-order valence-electron chi connectivity index (χ3n) is 4.82. The average molecular weight is 377 g/mol. The predicted molar refractivity (Wildman–Crippen MR) is 103 cm³/mol. The van der Waals surface area contributed by atoms with Crippen molar-refractivity contribution in [2.75, 3.05) is 16.8 Å². The lowest BCUT2D eigenvalue weighted by Crippen LogP contribution is -2.43. The summed E-state index contributed by atoms with van der Waals surface area (Å²) in [4.78, 5) is 38.9. The second-order valence-electron chi connectivity index (χ2n) is 6.64. The number of amides is 3. The number of benzene rings is 2. The van der Waals surface area contributed by atoms with Gasteiger partial charge in [-0.1, -0.05) is 42.5 Å². The molecule has 3 amide bonds. The minimum atomic E-state index is -0.913. The van der Waals surface area contributed by atoms with Gasteiger partial charge in [0.15, 0.2) is 12.1 Å². The van der Waals surface area contributed by atoms with Gasteiger partial charge in [0.25, 0.3) is 11.8 Å². The van der Waals surface area contributed by atoms with Crippen LogP contribution in [0, 0.1) is 0 Å². The molecule has 1 N–H and O–H groups in total. The van der Waals surface area contributed by atoms with Crippen LogP contribution in [0.4, 0.5) is 11.4 Å². The number of anilines is 2. The predicted octanol–water partition coefficient (Wildman–Crippen LogP) is 2.18. The second-order valence-corrected chi connectivity index (χ2v) is 6.64. The molecule has 8 heteroatoms. The Labute approximate surface area is 161 Å². The summed E-state index contributed by atoms with van der Waals surface area (Å²) in [6.07, 6.45) is 0.916. The lowest BCUT2D eigenvalue weighted by molar-refractivity contribution is -0.123. The number of carbonyl (C=O) groups excluding carboxylic acids is 3. The number of nitrogens with zero attached hydrogens (tertiary/aromatic N) is 4. The van der Waals surface area contributed by atoms with E-state index in [-0.39, 0.29) is 12.5 Å². The zero-order chi connectivity index (χ0) is 19.7. The summed E-state index contributed by atoms with van der Waals surface area (Å²) in [7, 11) is 0. The van der Waals surface area contributed by atoms with Gasteiger partial charge in [-0.2, -0.15) is 5.11 Å². The number of hydrogen-bond donors (Lipinski definition) is 1. The molecule has 1 fully saturated rings. The van der Waals surface area contributed by atoms with E-state index < -0.39 is 23.9 Å². The molecule has 2 aromatic rings. The zero-order valence-corrected chi connectivity index (χ0v) is 15.3. The van der Waals surface area contributed by atoms with Gasteiger partial charge in [0.05, 0.1) is 5.69 Å². The molecule has 0 bridgehead atoms. The first kappa shape index (κ1) is 17.8. The number of carbonyl (C=O) groups is 3. The lowest BCUT2D eigenvalue weighted by atomic mass is 10.1. The summed E-state index contributed by atoms with van der Waals surface area (Å²) in [5, 5.41) is 11.9. The molecule has 2 heterocycles. The van der Waals surface area contributed by atoms with Crippen molar-refractivity contribution in [3.8, 4) is 0 Å². The largest absolute Gasteiger partial charge is 0.324 e. The molecule has 4 rings (SSSR count). The first-order chi connectivity index (χ1) is 13.6. The summed E-state index contributed by atoms with van der Waals surface area (Å²) in [6.45, 7) is 1.89. The van der Waals surface area contributed by atoms with Gasteiger partial charge in [-0.15, -0.1) is 0 Å². The van der Waals surface area contributed by atoms with E-state index in [0.717, 1.165) is 11.3 Å². The zero-order valence-electron chi connectivity index (χ0n) is 15.3. The Kier molecular flexibility index (Phi) is 4.60. The number of rotatable bonds is 5. The van der Waals surface area contributed by atoms with E-state index in [1.165, 1.54) is 10.6 Å². The summed E-state index contributed by atoms with van der Waals surface area (Å²) in [6, 6.07) is 14.4. The van der Waals surface area contributed by atoms with Crippen molar-refractivity contribution < 1.29 is 14.4 Å². The average Bonchev–Trinajstić information content (AvgIpc) is 3.23. The fourth-order valence-electron chi connectivity index (χ4n) is 3.36. The minimum absolute atomic E-state index is 0.165. The SMILES string of the molecule is CCc1ccc(NC(=O)CN2N=N[C@@H]3C(=O)N(c4ccccc4)C(=O)[C@H]32)cc1. The maximum atomic E-state index is 12.8. The standard InChI is InChI=1S/C20H19N5O3/c1-2-13-8-10-14(11-9-13)21-16(26)12-24-18-17(22-23-24)19(27)25(20(18)28)15-6-4-3-5-7-15/h3-11,17-18H,2,12H2,1H3,(H,21,26)/t17-,18-/m0/s1. The molecule has 8 nitrogen and oxygen atoms in total. The molecule has 2 aliphatic rings. The monoisotopic (exact) mass is 377 g/mol. The van der Waals surface area contributed by atoms with Crippen LogP contribution < -0.4 is 10.2 Å². The molecule has 0 radical (unpaired) electrons. The molecular formula is C20H19N5O3. The summed E-state index contributed by atoms with van der Waals surface area (Å²) < 4.78 is 0. The Morgan fingerprint density at radius 3 is 2.43 bits per heavy atom. The van der Waals surface area contributed by atoms with E-state index >= 15 is 0 Å². The Balaban J connectivity index is 1.45. The van der Waals surface area contributed by atoms with Crippen LogP contribution >= 0.6 is 0 Å². The molecular weight excluding hydrogens is 358 g/mol. The molecule has 28 heavy (non-hydrogen) atoms. The third kappa shape index (κ3) is 3.13. The number of aryl methyl sites for hydroxylation is 1. The number of hydrogen-bond acceptors (Lipinski definition) is 6. The van der Waals surface area contributed by atoms with E-state index in [9.17, 15) is 14.4 Å². The van der Waals surface area contributed by atoms with Crippen LogP contribution in [-0.2, 0) is 20.8 Å². The molecule has 2 atom stereocenters. The van der Waals surface area contributed by atoms with Gasteiger partial charge in [-0.25, -0.2) is 4.90 Å². The Bertz CT molecular complexity index is 942. The fraction of sp³-hybridized carbons (Fsp3) is 0.250. The van der Waals surface area contributed by atoms with Gasteiger partial charge in [-0.3, -0.25) is 19.4 Å². The van der Waals surface area contributed by atoms with E-state index in [1.807, 2.05) is 24.3 Å². The Morgan fingerprint density at radius 1 is 1.04 bits per heavy atom. The Hall–Kier alpha value is -3.55. The summed E-state index contributed by atoms with van der Waals surface area (Å²) in [5.74, 6) is -1.18. The molecule has 142 valence electrons. The molecule has 0 spiro atoms. The molecule has 0 aliphatic carbocycles. The van der Waals surface area contributed by atoms with Crippen LogP contribution in [0.5, 0.6) is 0 Å². The first-order valence-electron chi connectivity index (χ1n) is 9.07. The van der Waals surface area contributed by atoms with Gasteiger partial charge in [-0.05, 0) is 36.2 Å².